The van der Waals surface area contributed by atoms with E-state index in [2.05, 4.69) is 22.4 Å². The zero-order valence-corrected chi connectivity index (χ0v) is 8.90. The Morgan fingerprint density at radius 1 is 1.29 bits per heavy atom. The van der Waals surface area contributed by atoms with Crippen LogP contribution >= 0.6 is 0 Å². The number of hydrogen-bond acceptors (Lipinski definition) is 2. The minimum atomic E-state index is 0.919. The lowest BCUT2D eigenvalue weighted by atomic mass is 10.1. The molecular formula is C11H19N3. The van der Waals surface area contributed by atoms with Crippen molar-refractivity contribution in [3.63, 3.8) is 0 Å². The second-order valence-electron chi connectivity index (χ2n) is 3.97. The average molecular weight is 193 g/mol. The molecule has 2 rings (SSSR count). The van der Waals surface area contributed by atoms with Crippen LogP contribution in [-0.2, 0) is 19.4 Å². The van der Waals surface area contributed by atoms with E-state index in [9.17, 15) is 0 Å². The molecule has 0 radical (unpaired) electrons. The van der Waals surface area contributed by atoms with Crippen molar-refractivity contribution in [1.29, 1.82) is 0 Å². The Kier molecular flexibility index (Phi) is 3.19. The summed E-state index contributed by atoms with van der Waals surface area (Å²) in [7, 11) is 0. The highest BCUT2D eigenvalue weighted by molar-refractivity contribution is 5.26. The summed E-state index contributed by atoms with van der Waals surface area (Å²) >= 11 is 0. The monoisotopic (exact) mass is 193 g/mol. The first-order valence-electron chi connectivity index (χ1n) is 5.67. The van der Waals surface area contributed by atoms with Gasteiger partial charge in [0, 0.05) is 12.2 Å². The highest BCUT2D eigenvalue weighted by Crippen LogP contribution is 2.21. The van der Waals surface area contributed by atoms with E-state index in [1.807, 2.05) is 0 Å². The lowest BCUT2D eigenvalue weighted by Gasteiger charge is -2.02. The number of hydrogen-bond donors (Lipinski definition) is 2. The van der Waals surface area contributed by atoms with E-state index in [4.69, 9.17) is 0 Å². The molecule has 1 heterocycles. The molecule has 3 nitrogen and oxygen atoms in total. The number of H-pyrrole nitrogens is 1. The zero-order chi connectivity index (χ0) is 9.80. The predicted molar refractivity (Wildman–Crippen MR) is 57.2 cm³/mol. The van der Waals surface area contributed by atoms with Crippen LogP contribution in [0.15, 0.2) is 0 Å². The van der Waals surface area contributed by atoms with Gasteiger partial charge in [-0.2, -0.15) is 5.10 Å². The van der Waals surface area contributed by atoms with Gasteiger partial charge in [0.2, 0.25) is 0 Å². The van der Waals surface area contributed by atoms with Crippen LogP contribution in [0.1, 0.15) is 43.1 Å². The van der Waals surface area contributed by atoms with Crippen LogP contribution in [0.25, 0.3) is 0 Å². The minimum absolute atomic E-state index is 0.919. The molecule has 2 N–H and O–H groups in total. The maximum atomic E-state index is 4.39. The second-order valence-corrected chi connectivity index (χ2v) is 3.97. The van der Waals surface area contributed by atoms with Crippen molar-refractivity contribution >= 4 is 0 Å². The van der Waals surface area contributed by atoms with Crippen LogP contribution in [0.4, 0.5) is 0 Å². The van der Waals surface area contributed by atoms with Crippen molar-refractivity contribution < 1.29 is 0 Å². The van der Waals surface area contributed by atoms with Crippen LogP contribution in [0.2, 0.25) is 0 Å². The molecule has 0 aliphatic heterocycles. The number of nitrogens with one attached hydrogen (secondary N) is 2. The molecule has 1 aliphatic carbocycles. The molecular weight excluding hydrogens is 174 g/mol. The molecule has 0 saturated carbocycles. The fourth-order valence-electron chi connectivity index (χ4n) is 2.12. The van der Waals surface area contributed by atoms with Gasteiger partial charge in [-0.3, -0.25) is 5.10 Å². The molecule has 0 fully saturated rings. The van der Waals surface area contributed by atoms with Crippen LogP contribution in [0.5, 0.6) is 0 Å². The molecule has 0 amide bonds. The van der Waals surface area contributed by atoms with Crippen molar-refractivity contribution in [3.8, 4) is 0 Å². The van der Waals surface area contributed by atoms with Crippen molar-refractivity contribution in [2.24, 2.45) is 0 Å². The maximum absolute atomic E-state index is 4.39. The summed E-state index contributed by atoms with van der Waals surface area (Å²) in [4.78, 5) is 0. The summed E-state index contributed by atoms with van der Waals surface area (Å²) in [5.41, 5.74) is 4.11. The summed E-state index contributed by atoms with van der Waals surface area (Å²) in [5.74, 6) is 0. The first-order valence-corrected chi connectivity index (χ1v) is 5.67. The third kappa shape index (κ3) is 1.98. The van der Waals surface area contributed by atoms with Gasteiger partial charge in [0.1, 0.15) is 0 Å². The largest absolute Gasteiger partial charge is 0.311 e. The molecule has 1 aromatic rings. The standard InChI is InChI=1S/C11H19N3/c1-2-12-8-11-9-6-4-3-5-7-10(9)13-14-11/h12H,2-8H2,1H3,(H,13,14). The molecule has 0 unspecified atom stereocenters. The van der Waals surface area contributed by atoms with E-state index in [1.165, 1.54) is 49.1 Å². The first-order chi connectivity index (χ1) is 6.92. The summed E-state index contributed by atoms with van der Waals surface area (Å²) < 4.78 is 0. The summed E-state index contributed by atoms with van der Waals surface area (Å²) in [6.45, 7) is 4.06. The number of nitrogens with zero attached hydrogens (tertiary/aromatic N) is 1. The fourth-order valence-corrected chi connectivity index (χ4v) is 2.12. The fraction of sp³-hybridized carbons (Fsp3) is 0.727. The van der Waals surface area contributed by atoms with Gasteiger partial charge in [-0.1, -0.05) is 13.3 Å². The van der Waals surface area contributed by atoms with Crippen LogP contribution < -0.4 is 5.32 Å². The average Bonchev–Trinajstić information content (AvgIpc) is 2.45. The first kappa shape index (κ1) is 9.71. The van der Waals surface area contributed by atoms with Crippen molar-refractivity contribution in [3.05, 3.63) is 17.0 Å². The van der Waals surface area contributed by atoms with E-state index in [-0.39, 0.29) is 0 Å². The summed E-state index contributed by atoms with van der Waals surface area (Å²) in [5, 5.41) is 10.9. The van der Waals surface area contributed by atoms with Gasteiger partial charge in [0.25, 0.3) is 0 Å². The molecule has 3 heteroatoms. The highest BCUT2D eigenvalue weighted by Gasteiger charge is 2.14. The van der Waals surface area contributed by atoms with Crippen LogP contribution in [0, 0.1) is 0 Å². The maximum Gasteiger partial charge on any atom is 0.0794 e. The Morgan fingerprint density at radius 3 is 3.00 bits per heavy atom. The molecule has 0 atom stereocenters. The lowest BCUT2D eigenvalue weighted by molar-refractivity contribution is 0.678. The lowest BCUT2D eigenvalue weighted by Crippen LogP contribution is -2.13. The molecule has 0 aromatic carbocycles. The van der Waals surface area contributed by atoms with Crippen molar-refractivity contribution in [2.75, 3.05) is 6.54 Å². The molecule has 0 bridgehead atoms. The van der Waals surface area contributed by atoms with Gasteiger partial charge in [-0.15, -0.1) is 0 Å². The van der Waals surface area contributed by atoms with Gasteiger partial charge >= 0.3 is 0 Å². The van der Waals surface area contributed by atoms with Crippen LogP contribution in [0.3, 0.4) is 0 Å². The Hall–Kier alpha value is -0.830. The Morgan fingerprint density at radius 2 is 2.14 bits per heavy atom. The molecule has 0 spiro atoms. The van der Waals surface area contributed by atoms with Gasteiger partial charge in [-0.05, 0) is 37.8 Å². The molecule has 14 heavy (non-hydrogen) atoms. The smallest absolute Gasteiger partial charge is 0.0794 e. The zero-order valence-electron chi connectivity index (χ0n) is 8.90. The highest BCUT2D eigenvalue weighted by atomic mass is 15.1. The Balaban J connectivity index is 2.12. The second kappa shape index (κ2) is 4.60. The number of fused-ring (bicyclic) bond motifs is 1. The summed E-state index contributed by atoms with van der Waals surface area (Å²) in [6.07, 6.45) is 6.41. The van der Waals surface area contributed by atoms with E-state index >= 15 is 0 Å². The molecule has 0 saturated heterocycles. The van der Waals surface area contributed by atoms with Crippen molar-refractivity contribution in [1.82, 2.24) is 15.5 Å². The quantitative estimate of drug-likeness (QED) is 0.718. The number of aryl methyl sites for hydroxylation is 1. The van der Waals surface area contributed by atoms with E-state index < -0.39 is 0 Å². The van der Waals surface area contributed by atoms with E-state index in [0.29, 0.717) is 0 Å². The molecule has 78 valence electrons. The van der Waals surface area contributed by atoms with Crippen molar-refractivity contribution in [2.45, 2.75) is 45.6 Å². The third-order valence-electron chi connectivity index (χ3n) is 2.93. The SMILES string of the molecule is CCNCc1n[nH]c2c1CCCCC2. The molecule has 1 aliphatic rings. The van der Waals surface area contributed by atoms with E-state index in [0.717, 1.165) is 13.1 Å². The number of rotatable bonds is 3. The van der Waals surface area contributed by atoms with Gasteiger partial charge < -0.3 is 5.32 Å². The minimum Gasteiger partial charge on any atom is -0.311 e. The van der Waals surface area contributed by atoms with Crippen LogP contribution in [-0.4, -0.2) is 16.7 Å². The number of aromatic amines is 1. The van der Waals surface area contributed by atoms with Gasteiger partial charge in [0.15, 0.2) is 0 Å². The predicted octanol–water partition coefficient (Wildman–Crippen LogP) is 1.79. The summed E-state index contributed by atoms with van der Waals surface area (Å²) in [6, 6.07) is 0. The van der Waals surface area contributed by atoms with E-state index in [1.54, 1.807) is 0 Å². The number of aromatic nitrogens is 2. The third-order valence-corrected chi connectivity index (χ3v) is 2.93. The van der Waals surface area contributed by atoms with Gasteiger partial charge in [0.05, 0.1) is 5.69 Å². The Bertz CT molecular complexity index is 291. The Labute approximate surface area is 85.3 Å². The van der Waals surface area contributed by atoms with Gasteiger partial charge in [-0.25, -0.2) is 0 Å². The topological polar surface area (TPSA) is 40.7 Å². The normalized spacial score (nSPS) is 16.4. The molecule has 1 aromatic heterocycles.